The van der Waals surface area contributed by atoms with Gasteiger partial charge in [-0.3, -0.25) is 0 Å². The van der Waals surface area contributed by atoms with Crippen LogP contribution in [0, 0.1) is 11.6 Å². The number of hydrogen-bond acceptors (Lipinski definition) is 0. The lowest BCUT2D eigenvalue weighted by Gasteiger charge is -2.18. The Morgan fingerprint density at radius 1 is 1.16 bits per heavy atom. The number of halogens is 3. The normalized spacial score (nSPS) is 16.1. The van der Waals surface area contributed by atoms with Gasteiger partial charge in [-0.25, -0.2) is 13.4 Å². The largest absolute Gasteiger partial charge is 0.211 e. The zero-order chi connectivity index (χ0) is 14.2. The monoisotopic (exact) mass is 282 g/mol. The molecule has 0 atom stereocenters. The summed E-state index contributed by atoms with van der Waals surface area (Å²) in [6, 6.07) is 3.48. The molecule has 0 heterocycles. The summed E-state index contributed by atoms with van der Waals surface area (Å²) in [5.74, 6) is -1.18. The van der Waals surface area contributed by atoms with Crippen molar-refractivity contribution in [3.8, 4) is 0 Å². The Kier molecular flexibility index (Phi) is 3.85. The fourth-order valence-corrected chi connectivity index (χ4v) is 2.68. The molecule has 4 heteroatoms. The number of benzene rings is 1. The lowest BCUT2D eigenvalue weighted by atomic mass is 9.91. The highest BCUT2D eigenvalue weighted by Crippen LogP contribution is 2.38. The van der Waals surface area contributed by atoms with Crippen molar-refractivity contribution < 1.29 is 13.4 Å². The van der Waals surface area contributed by atoms with Gasteiger partial charge in [0.2, 0.25) is 0 Å². The molecule has 1 aromatic rings. The van der Waals surface area contributed by atoms with Crippen molar-refractivity contribution >= 4 is 23.9 Å². The van der Waals surface area contributed by atoms with Crippen LogP contribution in [0.2, 0.25) is 0 Å². The molecule has 0 saturated carbocycles. The molecular formula is C15H15ClF2N+. The van der Waals surface area contributed by atoms with Crippen LogP contribution in [0.3, 0.4) is 0 Å². The fraction of sp³-hybridized carbons (Fsp3) is 0.267. The van der Waals surface area contributed by atoms with Crippen LogP contribution in [0.25, 0.3) is 5.57 Å². The standard InChI is InChI=1S/C15H15ClF2N/c1-9-14(19(2)3)5-4-13(15(9)16)10-6-11(17)8-12(18)7-10/h6-8H,2,4-5H2,1,3H3/q+1. The molecule has 0 fully saturated rings. The summed E-state index contributed by atoms with van der Waals surface area (Å²) >= 11 is 6.33. The lowest BCUT2D eigenvalue weighted by molar-refractivity contribution is -0.438. The van der Waals surface area contributed by atoms with Gasteiger partial charge in [0.25, 0.3) is 0 Å². The maximum Gasteiger partial charge on any atom is 0.185 e. The van der Waals surface area contributed by atoms with Gasteiger partial charge in [0.05, 0.1) is 5.03 Å². The summed E-state index contributed by atoms with van der Waals surface area (Å²) in [5.41, 5.74) is 3.24. The first kappa shape index (κ1) is 13.9. The second kappa shape index (κ2) is 5.25. The zero-order valence-electron chi connectivity index (χ0n) is 10.9. The van der Waals surface area contributed by atoms with Gasteiger partial charge in [-0.1, -0.05) is 11.6 Å². The van der Waals surface area contributed by atoms with Gasteiger partial charge in [0.1, 0.15) is 25.4 Å². The molecule has 0 N–H and O–H groups in total. The number of nitrogens with zero attached hydrogens (tertiary/aromatic N) is 1. The van der Waals surface area contributed by atoms with Crippen LogP contribution in [-0.4, -0.2) is 18.3 Å². The van der Waals surface area contributed by atoms with E-state index < -0.39 is 11.6 Å². The molecule has 0 unspecified atom stereocenters. The zero-order valence-corrected chi connectivity index (χ0v) is 11.7. The minimum absolute atomic E-state index is 0.507. The van der Waals surface area contributed by atoms with Crippen LogP contribution in [0.4, 0.5) is 8.78 Å². The molecule has 1 aromatic carbocycles. The van der Waals surface area contributed by atoms with Crippen molar-refractivity contribution in [3.05, 3.63) is 51.7 Å². The van der Waals surface area contributed by atoms with Crippen molar-refractivity contribution in [1.82, 2.24) is 0 Å². The molecule has 2 rings (SSSR count). The fourth-order valence-electron chi connectivity index (χ4n) is 2.37. The smallest absolute Gasteiger partial charge is 0.185 e. The average Bonchev–Trinajstić information content (AvgIpc) is 2.30. The Morgan fingerprint density at radius 3 is 2.26 bits per heavy atom. The van der Waals surface area contributed by atoms with E-state index in [1.54, 1.807) is 4.58 Å². The first-order valence-corrected chi connectivity index (χ1v) is 6.37. The number of rotatable bonds is 2. The van der Waals surface area contributed by atoms with E-state index in [1.165, 1.54) is 12.1 Å². The van der Waals surface area contributed by atoms with Crippen LogP contribution in [0.5, 0.6) is 0 Å². The van der Waals surface area contributed by atoms with Crippen LogP contribution in [-0.2, 0) is 0 Å². The summed E-state index contributed by atoms with van der Waals surface area (Å²) in [4.78, 5) is 0. The van der Waals surface area contributed by atoms with Crippen LogP contribution >= 0.6 is 11.6 Å². The molecule has 1 aliphatic carbocycles. The molecule has 0 bridgehead atoms. The number of allylic oxidation sites excluding steroid dienone is 4. The van der Waals surface area contributed by atoms with Gasteiger partial charge >= 0.3 is 0 Å². The Balaban J connectivity index is 2.54. The second-order valence-corrected chi connectivity index (χ2v) is 5.10. The maximum atomic E-state index is 13.3. The first-order chi connectivity index (χ1) is 8.90. The number of hydrogen-bond donors (Lipinski definition) is 0. The van der Waals surface area contributed by atoms with Crippen molar-refractivity contribution in [1.29, 1.82) is 0 Å². The average molecular weight is 283 g/mol. The van der Waals surface area contributed by atoms with E-state index in [-0.39, 0.29) is 0 Å². The SMILES string of the molecule is C=[N+](C)C1=C(C)C(Cl)=C(c2cc(F)cc(F)c2)CC1. The van der Waals surface area contributed by atoms with Crippen molar-refractivity contribution in [3.63, 3.8) is 0 Å². The molecule has 0 amide bonds. The maximum absolute atomic E-state index is 13.3. The van der Waals surface area contributed by atoms with E-state index in [0.717, 1.165) is 29.3 Å². The molecule has 0 radical (unpaired) electrons. The van der Waals surface area contributed by atoms with Crippen LogP contribution in [0.1, 0.15) is 25.3 Å². The van der Waals surface area contributed by atoms with Crippen LogP contribution < -0.4 is 0 Å². The third-order valence-corrected chi connectivity index (χ3v) is 3.82. The Morgan fingerprint density at radius 2 is 1.74 bits per heavy atom. The highest BCUT2D eigenvalue weighted by Gasteiger charge is 2.24. The van der Waals surface area contributed by atoms with Crippen molar-refractivity contribution in [2.45, 2.75) is 19.8 Å². The Labute approximate surface area is 116 Å². The lowest BCUT2D eigenvalue weighted by Crippen LogP contribution is -2.10. The van der Waals surface area contributed by atoms with E-state index >= 15 is 0 Å². The molecule has 19 heavy (non-hydrogen) atoms. The van der Waals surface area contributed by atoms with E-state index in [9.17, 15) is 8.78 Å². The highest BCUT2D eigenvalue weighted by molar-refractivity contribution is 6.35. The topological polar surface area (TPSA) is 3.01 Å². The molecule has 0 saturated heterocycles. The van der Waals surface area contributed by atoms with Gasteiger partial charge in [-0.05, 0) is 36.6 Å². The summed E-state index contributed by atoms with van der Waals surface area (Å²) in [6.07, 6.45) is 1.41. The van der Waals surface area contributed by atoms with Gasteiger partial charge in [-0.2, -0.15) is 0 Å². The third-order valence-electron chi connectivity index (χ3n) is 3.31. The molecular weight excluding hydrogens is 268 g/mol. The minimum atomic E-state index is -0.589. The van der Waals surface area contributed by atoms with Gasteiger partial charge in [-0.15, -0.1) is 0 Å². The van der Waals surface area contributed by atoms with Gasteiger partial charge in [0, 0.05) is 18.1 Å². The summed E-state index contributed by atoms with van der Waals surface area (Å²) in [5, 5.41) is 0.557. The summed E-state index contributed by atoms with van der Waals surface area (Å²) in [6.45, 7) is 5.74. The van der Waals surface area contributed by atoms with Crippen molar-refractivity contribution in [2.24, 2.45) is 0 Å². The molecule has 100 valence electrons. The molecule has 0 aliphatic heterocycles. The third kappa shape index (κ3) is 2.76. The van der Waals surface area contributed by atoms with Gasteiger partial charge < -0.3 is 0 Å². The quantitative estimate of drug-likeness (QED) is 0.561. The molecule has 0 aromatic heterocycles. The van der Waals surface area contributed by atoms with Crippen LogP contribution in [0.15, 0.2) is 34.5 Å². The molecule has 0 spiro atoms. The first-order valence-electron chi connectivity index (χ1n) is 5.99. The molecule has 1 nitrogen and oxygen atoms in total. The van der Waals surface area contributed by atoms with E-state index in [2.05, 4.69) is 6.72 Å². The minimum Gasteiger partial charge on any atom is -0.211 e. The summed E-state index contributed by atoms with van der Waals surface area (Å²) < 4.78 is 28.3. The Bertz CT molecular complexity index is 594. The molecule has 1 aliphatic rings. The highest BCUT2D eigenvalue weighted by atomic mass is 35.5. The van der Waals surface area contributed by atoms with E-state index in [0.29, 0.717) is 17.0 Å². The predicted octanol–water partition coefficient (Wildman–Crippen LogP) is 4.33. The summed E-state index contributed by atoms with van der Waals surface area (Å²) in [7, 11) is 1.86. The Hall–Kier alpha value is -1.48. The second-order valence-electron chi connectivity index (χ2n) is 4.72. The van der Waals surface area contributed by atoms with Gasteiger partial charge in [0.15, 0.2) is 5.70 Å². The predicted molar refractivity (Wildman–Crippen MR) is 74.4 cm³/mol. The van der Waals surface area contributed by atoms with Crippen molar-refractivity contribution in [2.75, 3.05) is 7.05 Å². The van der Waals surface area contributed by atoms with E-state index in [4.69, 9.17) is 11.6 Å². The van der Waals surface area contributed by atoms with E-state index in [1.807, 2.05) is 14.0 Å².